The predicted octanol–water partition coefficient (Wildman–Crippen LogP) is 2.71. The molecule has 3 aromatic rings. The molecule has 3 N–H and O–H groups in total. The number of nitrogens with two attached hydrogens (primary N) is 1. The first kappa shape index (κ1) is 20.6. The van der Waals surface area contributed by atoms with Gasteiger partial charge in [-0.25, -0.2) is 18.5 Å². The van der Waals surface area contributed by atoms with Crippen molar-refractivity contribution in [3.05, 3.63) is 58.6 Å². The van der Waals surface area contributed by atoms with Gasteiger partial charge < -0.3 is 5.11 Å². The van der Waals surface area contributed by atoms with Gasteiger partial charge in [0.25, 0.3) is 0 Å². The summed E-state index contributed by atoms with van der Waals surface area (Å²) >= 11 is 1.31. The average molecular weight is 445 g/mol. The van der Waals surface area contributed by atoms with Crippen LogP contribution in [-0.2, 0) is 38.9 Å². The first-order valence-electron chi connectivity index (χ1n) is 9.41. The summed E-state index contributed by atoms with van der Waals surface area (Å²) in [5.74, 6) is -1.10. The minimum Gasteiger partial charge on any atom is -0.481 e. The van der Waals surface area contributed by atoms with Crippen molar-refractivity contribution >= 4 is 43.3 Å². The van der Waals surface area contributed by atoms with E-state index in [1.807, 2.05) is 24.3 Å². The van der Waals surface area contributed by atoms with Crippen LogP contribution >= 0.6 is 11.3 Å². The van der Waals surface area contributed by atoms with Crippen molar-refractivity contribution in [3.8, 4) is 0 Å². The van der Waals surface area contributed by atoms with Gasteiger partial charge in [-0.15, -0.1) is 11.3 Å². The fourth-order valence-electron chi connectivity index (χ4n) is 4.20. The normalized spacial score (nSPS) is 15.2. The summed E-state index contributed by atoms with van der Waals surface area (Å²) in [6.07, 6.45) is 1.09. The van der Waals surface area contributed by atoms with Crippen LogP contribution in [-0.4, -0.2) is 30.3 Å². The van der Waals surface area contributed by atoms with Gasteiger partial charge in [0.1, 0.15) is 16.2 Å². The number of aryl methyl sites for hydroxylation is 1. The molecule has 0 radical (unpaired) electrons. The van der Waals surface area contributed by atoms with Gasteiger partial charge in [-0.05, 0) is 36.1 Å². The number of benzene rings is 2. The van der Waals surface area contributed by atoms with Gasteiger partial charge in [0, 0.05) is 18.3 Å². The van der Waals surface area contributed by atoms with Crippen molar-refractivity contribution in [2.75, 3.05) is 0 Å². The van der Waals surface area contributed by atoms with E-state index >= 15 is 0 Å². The van der Waals surface area contributed by atoms with Crippen LogP contribution in [0.4, 0.5) is 0 Å². The number of carboxylic acids is 1. The topological polar surface area (TPSA) is 127 Å². The van der Waals surface area contributed by atoms with E-state index in [0.717, 1.165) is 11.1 Å². The fourth-order valence-corrected chi connectivity index (χ4v) is 5.95. The van der Waals surface area contributed by atoms with Crippen LogP contribution in [0.25, 0.3) is 10.2 Å². The smallest absolute Gasteiger partial charge is 0.304 e. The quantitative estimate of drug-likeness (QED) is 0.577. The van der Waals surface area contributed by atoms with Gasteiger partial charge in [-0.2, -0.15) is 0 Å². The summed E-state index contributed by atoms with van der Waals surface area (Å²) in [4.78, 5) is 29.0. The first-order chi connectivity index (χ1) is 14.2. The number of rotatable bonds is 7. The van der Waals surface area contributed by atoms with Crippen LogP contribution in [0, 0.1) is 5.41 Å². The number of Topliss-reactive ketones (excluding diaryl/α,β-unsaturated/α-hetero) is 1. The van der Waals surface area contributed by atoms with Gasteiger partial charge in [-0.1, -0.05) is 30.3 Å². The van der Waals surface area contributed by atoms with Crippen LogP contribution in [0.15, 0.2) is 47.4 Å². The molecule has 9 heteroatoms. The third-order valence-corrected chi connectivity index (χ3v) is 7.58. The van der Waals surface area contributed by atoms with Crippen LogP contribution in [0.5, 0.6) is 0 Å². The van der Waals surface area contributed by atoms with Crippen molar-refractivity contribution in [3.63, 3.8) is 0 Å². The minimum absolute atomic E-state index is 0.0394. The molecule has 4 rings (SSSR count). The molecule has 156 valence electrons. The lowest BCUT2D eigenvalue weighted by atomic mass is 9.76. The van der Waals surface area contributed by atoms with Gasteiger partial charge in [0.2, 0.25) is 10.0 Å². The lowest BCUT2D eigenvalue weighted by Crippen LogP contribution is -2.35. The van der Waals surface area contributed by atoms with Crippen LogP contribution in [0.2, 0.25) is 0 Å². The summed E-state index contributed by atoms with van der Waals surface area (Å²) in [5, 5.41) is 15.3. The summed E-state index contributed by atoms with van der Waals surface area (Å²) < 4.78 is 24.2. The van der Waals surface area contributed by atoms with Gasteiger partial charge >= 0.3 is 5.97 Å². The third-order valence-electron chi connectivity index (χ3n) is 5.56. The highest BCUT2D eigenvalue weighted by atomic mass is 32.2. The lowest BCUT2D eigenvalue weighted by Gasteiger charge is -2.25. The molecule has 1 heterocycles. The number of para-hydroxylation sites is 1. The molecule has 2 aromatic carbocycles. The van der Waals surface area contributed by atoms with E-state index in [0.29, 0.717) is 34.5 Å². The zero-order valence-corrected chi connectivity index (χ0v) is 17.6. The molecule has 0 fully saturated rings. The molecule has 0 amide bonds. The molecule has 7 nitrogen and oxygen atoms in total. The van der Waals surface area contributed by atoms with Gasteiger partial charge in [0.15, 0.2) is 0 Å². The number of hydrogen-bond donors (Lipinski definition) is 2. The Labute approximate surface area is 177 Å². The molecular formula is C21H20N2O5S2. The minimum atomic E-state index is -3.90. The molecule has 30 heavy (non-hydrogen) atoms. The van der Waals surface area contributed by atoms with E-state index in [2.05, 4.69) is 4.98 Å². The Bertz CT molecular complexity index is 1240. The van der Waals surface area contributed by atoms with E-state index in [-0.39, 0.29) is 23.5 Å². The van der Waals surface area contributed by atoms with E-state index in [4.69, 9.17) is 5.14 Å². The number of fused-ring (bicyclic) bond motifs is 2. The van der Waals surface area contributed by atoms with Crippen molar-refractivity contribution in [2.24, 2.45) is 10.6 Å². The maximum Gasteiger partial charge on any atom is 0.304 e. The Morgan fingerprint density at radius 3 is 2.37 bits per heavy atom. The molecule has 1 aliphatic rings. The standard InChI is InChI=1S/C21H20N2O5S2/c22-30(27,28)16-7-3-6-15-20(16)23-18(29-15)9-8-17(24)21(12-19(25)26)10-13-4-1-2-5-14(13)11-21/h1-7H,8-12H2,(H,25,26)(H2,22,27,28). The molecule has 0 saturated carbocycles. The maximum absolute atomic E-state index is 13.2. The van der Waals surface area contributed by atoms with E-state index in [1.165, 1.54) is 17.4 Å². The Morgan fingerprint density at radius 1 is 1.10 bits per heavy atom. The van der Waals surface area contributed by atoms with E-state index in [9.17, 15) is 23.1 Å². The van der Waals surface area contributed by atoms with E-state index in [1.54, 1.807) is 12.1 Å². The molecule has 0 unspecified atom stereocenters. The highest BCUT2D eigenvalue weighted by molar-refractivity contribution is 7.89. The number of carbonyl (C=O) groups excluding carboxylic acids is 1. The number of hydrogen-bond acceptors (Lipinski definition) is 6. The Kier molecular flexibility index (Phi) is 5.21. The molecule has 0 bridgehead atoms. The Morgan fingerprint density at radius 2 is 1.77 bits per heavy atom. The number of sulfonamides is 1. The average Bonchev–Trinajstić information content (AvgIpc) is 3.25. The molecule has 0 atom stereocenters. The first-order valence-corrected chi connectivity index (χ1v) is 11.8. The molecule has 1 aromatic heterocycles. The highest BCUT2D eigenvalue weighted by Crippen LogP contribution is 2.41. The van der Waals surface area contributed by atoms with E-state index < -0.39 is 21.4 Å². The number of carboxylic acid groups (broad SMARTS) is 1. The predicted molar refractivity (Wildman–Crippen MR) is 113 cm³/mol. The van der Waals surface area contributed by atoms with Crippen molar-refractivity contribution in [1.82, 2.24) is 4.98 Å². The molecule has 0 spiro atoms. The largest absolute Gasteiger partial charge is 0.481 e. The number of primary sulfonamides is 1. The van der Waals surface area contributed by atoms with Gasteiger partial charge in [-0.3, -0.25) is 9.59 Å². The molecular weight excluding hydrogens is 424 g/mol. The number of carbonyl (C=O) groups is 2. The lowest BCUT2D eigenvalue weighted by molar-refractivity contribution is -0.144. The van der Waals surface area contributed by atoms with Crippen LogP contribution < -0.4 is 5.14 Å². The second kappa shape index (κ2) is 7.57. The zero-order chi connectivity index (χ0) is 21.5. The zero-order valence-electron chi connectivity index (χ0n) is 16.0. The second-order valence-electron chi connectivity index (χ2n) is 7.65. The van der Waals surface area contributed by atoms with Crippen LogP contribution in [0.3, 0.4) is 0 Å². The number of thiazole rings is 1. The number of aliphatic carboxylic acids is 1. The van der Waals surface area contributed by atoms with Crippen molar-refractivity contribution in [1.29, 1.82) is 0 Å². The van der Waals surface area contributed by atoms with Crippen LogP contribution in [0.1, 0.15) is 29.0 Å². The number of ketones is 1. The second-order valence-corrected chi connectivity index (χ2v) is 10.3. The Hall–Kier alpha value is -2.62. The molecule has 0 aliphatic heterocycles. The fraction of sp³-hybridized carbons (Fsp3) is 0.286. The van der Waals surface area contributed by atoms with Gasteiger partial charge in [0.05, 0.1) is 16.1 Å². The molecule has 0 saturated heterocycles. The number of nitrogens with zero attached hydrogens (tertiary/aromatic N) is 1. The van der Waals surface area contributed by atoms with Crippen molar-refractivity contribution in [2.45, 2.75) is 37.0 Å². The monoisotopic (exact) mass is 444 g/mol. The summed E-state index contributed by atoms with van der Waals surface area (Å²) in [7, 11) is -3.90. The van der Waals surface area contributed by atoms with Crippen molar-refractivity contribution < 1.29 is 23.1 Å². The third kappa shape index (κ3) is 3.88. The molecule has 1 aliphatic carbocycles. The highest BCUT2D eigenvalue weighted by Gasteiger charge is 2.44. The summed E-state index contributed by atoms with van der Waals surface area (Å²) in [6.45, 7) is 0. The SMILES string of the molecule is NS(=O)(=O)c1cccc2sc(CCC(=O)C3(CC(=O)O)Cc4ccccc4C3)nc12. The summed E-state index contributed by atoms with van der Waals surface area (Å²) in [6, 6.07) is 12.4. The Balaban J connectivity index is 1.57. The maximum atomic E-state index is 13.2. The number of aromatic nitrogens is 1. The summed E-state index contributed by atoms with van der Waals surface area (Å²) in [5.41, 5.74) is 1.40.